The molecule has 0 radical (unpaired) electrons. The van der Waals surface area contributed by atoms with Gasteiger partial charge in [-0.25, -0.2) is 4.79 Å². The summed E-state index contributed by atoms with van der Waals surface area (Å²) in [5.74, 6) is -0.981. The number of benzene rings is 2. The zero-order valence-electron chi connectivity index (χ0n) is 10.7. The molecule has 1 N–H and O–H groups in total. The van der Waals surface area contributed by atoms with E-state index >= 15 is 0 Å². The summed E-state index contributed by atoms with van der Waals surface area (Å²) in [6.45, 7) is -0.127. The number of carboxylic acid groups (broad SMARTS) is 1. The highest BCUT2D eigenvalue weighted by molar-refractivity contribution is 6.30. The number of hydrogen-bond acceptors (Lipinski definition) is 4. The molecule has 21 heavy (non-hydrogen) atoms. The van der Waals surface area contributed by atoms with E-state index in [-0.39, 0.29) is 28.6 Å². The van der Waals surface area contributed by atoms with Gasteiger partial charge in [-0.1, -0.05) is 23.7 Å². The fraction of sp³-hybridized carbons (Fsp3) is 0.0714. The molecular formula is C14H10ClNO5. The van der Waals surface area contributed by atoms with Crippen molar-refractivity contribution in [3.05, 3.63) is 68.7 Å². The molecule has 0 aliphatic rings. The number of para-hydroxylation sites is 1. The first-order chi connectivity index (χ1) is 9.99. The van der Waals surface area contributed by atoms with Gasteiger partial charge in [-0.2, -0.15) is 0 Å². The van der Waals surface area contributed by atoms with E-state index < -0.39 is 10.9 Å². The van der Waals surface area contributed by atoms with Crippen molar-refractivity contribution in [3.8, 4) is 5.75 Å². The minimum atomic E-state index is -1.13. The van der Waals surface area contributed by atoms with Gasteiger partial charge in [0, 0.05) is 11.1 Å². The van der Waals surface area contributed by atoms with Gasteiger partial charge in [0.25, 0.3) is 5.69 Å². The van der Waals surface area contributed by atoms with Gasteiger partial charge in [0.15, 0.2) is 0 Å². The van der Waals surface area contributed by atoms with E-state index in [1.165, 1.54) is 30.3 Å². The van der Waals surface area contributed by atoms with E-state index in [4.69, 9.17) is 21.4 Å². The van der Waals surface area contributed by atoms with Crippen LogP contribution in [0, 0.1) is 10.1 Å². The highest BCUT2D eigenvalue weighted by Gasteiger charge is 2.16. The van der Waals surface area contributed by atoms with Crippen molar-refractivity contribution >= 4 is 23.3 Å². The lowest BCUT2D eigenvalue weighted by molar-refractivity contribution is -0.385. The molecule has 0 aromatic heterocycles. The minimum absolute atomic E-state index is 0.00545. The zero-order valence-corrected chi connectivity index (χ0v) is 11.4. The van der Waals surface area contributed by atoms with Crippen molar-refractivity contribution in [1.82, 2.24) is 0 Å². The van der Waals surface area contributed by atoms with E-state index in [1.807, 2.05) is 0 Å². The fourth-order valence-electron chi connectivity index (χ4n) is 1.75. The van der Waals surface area contributed by atoms with Gasteiger partial charge in [0.1, 0.15) is 17.9 Å². The Kier molecular flexibility index (Phi) is 4.39. The second kappa shape index (κ2) is 6.23. The molecule has 2 aromatic rings. The predicted molar refractivity (Wildman–Crippen MR) is 75.8 cm³/mol. The predicted octanol–water partition coefficient (Wildman–Crippen LogP) is 3.53. The van der Waals surface area contributed by atoms with Crippen LogP contribution in [0.3, 0.4) is 0 Å². The number of rotatable bonds is 5. The molecule has 0 aliphatic carbocycles. The van der Waals surface area contributed by atoms with E-state index in [0.29, 0.717) is 5.56 Å². The third-order valence-electron chi connectivity index (χ3n) is 2.74. The Balaban J connectivity index is 2.25. The van der Waals surface area contributed by atoms with Crippen molar-refractivity contribution in [2.24, 2.45) is 0 Å². The second-order valence-electron chi connectivity index (χ2n) is 4.12. The molecule has 0 fully saturated rings. The standard InChI is InChI=1S/C14H10ClNO5/c15-10-6-5-9(12(7-10)16(19)20)8-21-13-4-2-1-3-11(13)14(17)18/h1-7H,8H2,(H,17,18). The maximum atomic E-state index is 11.0. The maximum Gasteiger partial charge on any atom is 0.339 e. The summed E-state index contributed by atoms with van der Waals surface area (Å²) in [7, 11) is 0. The van der Waals surface area contributed by atoms with E-state index in [1.54, 1.807) is 12.1 Å². The summed E-state index contributed by atoms with van der Waals surface area (Å²) in [4.78, 5) is 21.4. The van der Waals surface area contributed by atoms with Crippen LogP contribution in [0.2, 0.25) is 5.02 Å². The smallest absolute Gasteiger partial charge is 0.339 e. The van der Waals surface area contributed by atoms with Crippen LogP contribution in [0.4, 0.5) is 5.69 Å². The summed E-state index contributed by atoms with van der Waals surface area (Å²) in [5.41, 5.74) is 0.133. The van der Waals surface area contributed by atoms with Gasteiger partial charge in [0.05, 0.1) is 10.5 Å². The first kappa shape index (κ1) is 14.8. The van der Waals surface area contributed by atoms with E-state index in [0.717, 1.165) is 0 Å². The van der Waals surface area contributed by atoms with Crippen molar-refractivity contribution in [1.29, 1.82) is 0 Å². The van der Waals surface area contributed by atoms with Gasteiger partial charge in [0.2, 0.25) is 0 Å². The van der Waals surface area contributed by atoms with Gasteiger partial charge >= 0.3 is 5.97 Å². The van der Waals surface area contributed by atoms with Gasteiger partial charge in [-0.05, 0) is 24.3 Å². The molecule has 0 heterocycles. The van der Waals surface area contributed by atoms with Crippen molar-refractivity contribution in [2.45, 2.75) is 6.61 Å². The lowest BCUT2D eigenvalue weighted by Gasteiger charge is -2.09. The molecule has 108 valence electrons. The molecule has 0 amide bonds. The summed E-state index contributed by atoms with van der Waals surface area (Å²) >= 11 is 5.72. The fourth-order valence-corrected chi connectivity index (χ4v) is 1.92. The third kappa shape index (κ3) is 3.49. The van der Waals surface area contributed by atoms with Crippen LogP contribution >= 0.6 is 11.6 Å². The number of halogens is 1. The van der Waals surface area contributed by atoms with Crippen LogP contribution in [-0.2, 0) is 6.61 Å². The van der Waals surface area contributed by atoms with Crippen molar-refractivity contribution < 1.29 is 19.6 Å². The molecule has 0 aliphatic heterocycles. The highest BCUT2D eigenvalue weighted by Crippen LogP contribution is 2.25. The average molecular weight is 308 g/mol. The number of nitro groups is 1. The SMILES string of the molecule is O=C(O)c1ccccc1OCc1ccc(Cl)cc1[N+](=O)[O-]. The highest BCUT2D eigenvalue weighted by atomic mass is 35.5. The van der Waals surface area contributed by atoms with Gasteiger partial charge < -0.3 is 9.84 Å². The van der Waals surface area contributed by atoms with Crippen LogP contribution in [0.1, 0.15) is 15.9 Å². The second-order valence-corrected chi connectivity index (χ2v) is 4.56. The van der Waals surface area contributed by atoms with Crippen molar-refractivity contribution in [2.75, 3.05) is 0 Å². The molecule has 2 rings (SSSR count). The molecule has 0 spiro atoms. The Hall–Kier alpha value is -2.60. The van der Waals surface area contributed by atoms with Crippen molar-refractivity contribution in [3.63, 3.8) is 0 Å². The van der Waals surface area contributed by atoms with Crippen LogP contribution in [0.25, 0.3) is 0 Å². The first-order valence-electron chi connectivity index (χ1n) is 5.87. The summed E-state index contributed by atoms with van der Waals surface area (Å²) in [6.07, 6.45) is 0. The van der Waals surface area contributed by atoms with Crippen LogP contribution in [-0.4, -0.2) is 16.0 Å². The molecule has 0 atom stereocenters. The number of carbonyl (C=O) groups is 1. The van der Waals surface area contributed by atoms with Crippen LogP contribution < -0.4 is 4.74 Å². The topological polar surface area (TPSA) is 89.7 Å². The summed E-state index contributed by atoms with van der Waals surface area (Å²) in [6, 6.07) is 10.3. The largest absolute Gasteiger partial charge is 0.488 e. The lowest BCUT2D eigenvalue weighted by atomic mass is 10.2. The number of nitro benzene ring substituents is 1. The molecule has 7 heteroatoms. The normalized spacial score (nSPS) is 10.1. The number of aromatic carboxylic acids is 1. The Morgan fingerprint density at radius 3 is 2.67 bits per heavy atom. The molecule has 0 bridgehead atoms. The lowest BCUT2D eigenvalue weighted by Crippen LogP contribution is -2.04. The summed E-state index contributed by atoms with van der Waals surface area (Å²) in [5, 5.41) is 20.2. The Bertz CT molecular complexity index is 702. The number of nitrogens with zero attached hydrogens (tertiary/aromatic N) is 1. The zero-order chi connectivity index (χ0) is 15.4. The molecule has 0 saturated heterocycles. The number of ether oxygens (including phenoxy) is 1. The quantitative estimate of drug-likeness (QED) is 0.674. The molecule has 0 unspecified atom stereocenters. The van der Waals surface area contributed by atoms with Gasteiger partial charge in [-0.3, -0.25) is 10.1 Å². The molecule has 2 aromatic carbocycles. The Morgan fingerprint density at radius 1 is 1.29 bits per heavy atom. The average Bonchev–Trinajstić information content (AvgIpc) is 2.46. The molecule has 0 saturated carbocycles. The monoisotopic (exact) mass is 307 g/mol. The Morgan fingerprint density at radius 2 is 2.00 bits per heavy atom. The molecular weight excluding hydrogens is 298 g/mol. The van der Waals surface area contributed by atoms with E-state index in [9.17, 15) is 14.9 Å². The Labute approximate surface area is 124 Å². The number of hydrogen-bond donors (Lipinski definition) is 1. The molecule has 6 nitrogen and oxygen atoms in total. The minimum Gasteiger partial charge on any atom is -0.488 e. The summed E-state index contributed by atoms with van der Waals surface area (Å²) < 4.78 is 5.39. The van der Waals surface area contributed by atoms with Gasteiger partial charge in [-0.15, -0.1) is 0 Å². The number of carboxylic acids is 1. The maximum absolute atomic E-state index is 11.0. The van der Waals surface area contributed by atoms with E-state index in [2.05, 4.69) is 0 Å². The third-order valence-corrected chi connectivity index (χ3v) is 2.98. The van der Waals surface area contributed by atoms with Crippen LogP contribution in [0.5, 0.6) is 5.75 Å². The van der Waals surface area contributed by atoms with Crippen LogP contribution in [0.15, 0.2) is 42.5 Å². The first-order valence-corrected chi connectivity index (χ1v) is 6.25.